The summed E-state index contributed by atoms with van der Waals surface area (Å²) in [5, 5.41) is 2.97. The molecule has 5 nitrogen and oxygen atoms in total. The predicted molar refractivity (Wildman–Crippen MR) is 104 cm³/mol. The van der Waals surface area contributed by atoms with Crippen molar-refractivity contribution in [3.63, 3.8) is 0 Å². The molecule has 26 heavy (non-hydrogen) atoms. The van der Waals surface area contributed by atoms with Gasteiger partial charge in [0.15, 0.2) is 0 Å². The highest BCUT2D eigenvalue weighted by Crippen LogP contribution is 2.24. The molecular weight excluding hydrogens is 324 g/mol. The van der Waals surface area contributed by atoms with Crippen LogP contribution in [0.25, 0.3) is 0 Å². The topological polar surface area (TPSA) is 58.1 Å². The molecule has 1 fully saturated rings. The van der Waals surface area contributed by atoms with Crippen molar-refractivity contribution in [1.82, 2.24) is 15.3 Å². The Morgan fingerprint density at radius 3 is 2.69 bits per heavy atom. The number of amides is 1. The van der Waals surface area contributed by atoms with E-state index in [1.807, 2.05) is 19.1 Å². The second-order valence-corrected chi connectivity index (χ2v) is 7.11. The third-order valence-corrected chi connectivity index (χ3v) is 5.00. The lowest BCUT2D eigenvalue weighted by Gasteiger charge is -2.35. The molecule has 0 spiro atoms. The van der Waals surface area contributed by atoms with Gasteiger partial charge in [0.1, 0.15) is 5.69 Å². The number of benzene rings is 1. The van der Waals surface area contributed by atoms with Gasteiger partial charge in [0.2, 0.25) is 5.95 Å². The maximum Gasteiger partial charge on any atom is 0.270 e. The molecule has 5 heteroatoms. The first-order valence-electron chi connectivity index (χ1n) is 9.53. The summed E-state index contributed by atoms with van der Waals surface area (Å²) in [5.74, 6) is 0.541. The van der Waals surface area contributed by atoms with Crippen LogP contribution in [0.4, 0.5) is 5.95 Å². The molecule has 2 heterocycles. The minimum absolute atomic E-state index is 0.151. The van der Waals surface area contributed by atoms with Crippen molar-refractivity contribution in [2.45, 2.75) is 59.0 Å². The molecule has 2 aromatic rings. The third-order valence-electron chi connectivity index (χ3n) is 5.00. The Kier molecular flexibility index (Phi) is 5.86. The minimum Gasteiger partial charge on any atom is -0.347 e. The van der Waals surface area contributed by atoms with Gasteiger partial charge in [0, 0.05) is 24.8 Å². The smallest absolute Gasteiger partial charge is 0.270 e. The predicted octanol–water partition coefficient (Wildman–Crippen LogP) is 3.79. The van der Waals surface area contributed by atoms with E-state index in [0.29, 0.717) is 24.2 Å². The van der Waals surface area contributed by atoms with Crippen LogP contribution in [-0.2, 0) is 6.54 Å². The van der Waals surface area contributed by atoms with E-state index in [9.17, 15) is 4.79 Å². The molecule has 1 amide bonds. The molecule has 0 aliphatic carbocycles. The second-order valence-electron chi connectivity index (χ2n) is 7.11. The van der Waals surface area contributed by atoms with E-state index in [4.69, 9.17) is 0 Å². The Morgan fingerprint density at radius 1 is 1.19 bits per heavy atom. The van der Waals surface area contributed by atoms with Crippen LogP contribution in [0.3, 0.4) is 0 Å². The summed E-state index contributed by atoms with van der Waals surface area (Å²) in [6, 6.07) is 10.4. The highest BCUT2D eigenvalue weighted by atomic mass is 16.1. The number of hydrogen-bond donors (Lipinski definition) is 1. The van der Waals surface area contributed by atoms with Gasteiger partial charge >= 0.3 is 0 Å². The summed E-state index contributed by atoms with van der Waals surface area (Å²) in [5.41, 5.74) is 3.57. The van der Waals surface area contributed by atoms with Gasteiger partial charge in [-0.15, -0.1) is 0 Å². The second kappa shape index (κ2) is 8.30. The maximum absolute atomic E-state index is 12.6. The van der Waals surface area contributed by atoms with Crippen molar-refractivity contribution in [2.24, 2.45) is 0 Å². The summed E-state index contributed by atoms with van der Waals surface area (Å²) in [4.78, 5) is 24.1. The number of carbonyl (C=O) groups excluding carboxylic acids is 1. The number of aromatic nitrogens is 2. The van der Waals surface area contributed by atoms with Crippen LogP contribution in [0.1, 0.15) is 59.9 Å². The molecule has 1 atom stereocenters. The van der Waals surface area contributed by atoms with Gasteiger partial charge in [-0.1, -0.05) is 36.8 Å². The molecule has 1 saturated heterocycles. The fraction of sp³-hybridized carbons (Fsp3) is 0.476. The van der Waals surface area contributed by atoms with Gasteiger partial charge in [-0.2, -0.15) is 0 Å². The van der Waals surface area contributed by atoms with Crippen LogP contribution in [0.15, 0.2) is 30.3 Å². The van der Waals surface area contributed by atoms with Crippen LogP contribution in [0.2, 0.25) is 0 Å². The molecular formula is C21H28N4O. The van der Waals surface area contributed by atoms with Gasteiger partial charge in [0.25, 0.3) is 5.91 Å². The fourth-order valence-electron chi connectivity index (χ4n) is 3.46. The number of piperidine rings is 1. The molecule has 1 aliphatic heterocycles. The zero-order valence-corrected chi connectivity index (χ0v) is 16.0. The summed E-state index contributed by atoms with van der Waals surface area (Å²) < 4.78 is 0. The highest BCUT2D eigenvalue weighted by molar-refractivity contribution is 5.92. The van der Waals surface area contributed by atoms with Gasteiger partial charge in [-0.25, -0.2) is 9.97 Å². The zero-order valence-electron chi connectivity index (χ0n) is 16.0. The maximum atomic E-state index is 12.6. The van der Waals surface area contributed by atoms with Crippen molar-refractivity contribution < 1.29 is 4.79 Å². The molecule has 3 rings (SSSR count). The molecule has 0 saturated carbocycles. The molecule has 1 N–H and O–H groups in total. The quantitative estimate of drug-likeness (QED) is 0.889. The monoisotopic (exact) mass is 352 g/mol. The normalized spacial score (nSPS) is 17.2. The van der Waals surface area contributed by atoms with Crippen LogP contribution < -0.4 is 10.2 Å². The Balaban J connectivity index is 1.73. The van der Waals surface area contributed by atoms with Crippen molar-refractivity contribution in [2.75, 3.05) is 11.4 Å². The van der Waals surface area contributed by atoms with E-state index >= 15 is 0 Å². The van der Waals surface area contributed by atoms with E-state index in [1.165, 1.54) is 18.4 Å². The zero-order chi connectivity index (χ0) is 18.5. The van der Waals surface area contributed by atoms with Crippen molar-refractivity contribution in [3.05, 3.63) is 52.8 Å². The van der Waals surface area contributed by atoms with Crippen molar-refractivity contribution in [3.8, 4) is 0 Å². The summed E-state index contributed by atoms with van der Waals surface area (Å²) in [7, 11) is 0. The van der Waals surface area contributed by atoms with Crippen molar-refractivity contribution >= 4 is 11.9 Å². The van der Waals surface area contributed by atoms with Gasteiger partial charge in [-0.3, -0.25) is 4.79 Å². The Bertz CT molecular complexity index is 757. The van der Waals surface area contributed by atoms with Gasteiger partial charge < -0.3 is 10.2 Å². The Labute approximate surface area is 155 Å². The number of nitrogens with one attached hydrogen (secondary N) is 1. The van der Waals surface area contributed by atoms with Crippen LogP contribution in [-0.4, -0.2) is 28.5 Å². The Morgan fingerprint density at radius 2 is 1.96 bits per heavy atom. The summed E-state index contributed by atoms with van der Waals surface area (Å²) >= 11 is 0. The Hall–Kier alpha value is -2.43. The SMILES string of the molecule is CCC1CCCCN1c1nc(C)cc(C(=O)NCc2ccc(C)cc2)n1. The molecule has 0 radical (unpaired) electrons. The molecule has 1 aromatic carbocycles. The molecule has 0 bridgehead atoms. The van der Waals surface area contributed by atoms with Gasteiger partial charge in [0.05, 0.1) is 0 Å². The van der Waals surface area contributed by atoms with Crippen LogP contribution >= 0.6 is 0 Å². The van der Waals surface area contributed by atoms with E-state index in [2.05, 4.69) is 46.2 Å². The standard InChI is InChI=1S/C21H28N4O/c1-4-18-7-5-6-12-25(18)21-23-16(3)13-19(24-21)20(26)22-14-17-10-8-15(2)9-11-17/h8-11,13,18H,4-7,12,14H2,1-3H3,(H,22,26). The fourth-order valence-corrected chi connectivity index (χ4v) is 3.46. The minimum atomic E-state index is -0.151. The van der Waals surface area contributed by atoms with E-state index in [-0.39, 0.29) is 5.91 Å². The van der Waals surface area contributed by atoms with Crippen molar-refractivity contribution in [1.29, 1.82) is 0 Å². The molecule has 138 valence electrons. The van der Waals surface area contributed by atoms with E-state index in [1.54, 1.807) is 6.07 Å². The molecule has 1 aromatic heterocycles. The third kappa shape index (κ3) is 4.40. The highest BCUT2D eigenvalue weighted by Gasteiger charge is 2.24. The number of rotatable bonds is 5. The molecule has 1 aliphatic rings. The average Bonchev–Trinajstić information content (AvgIpc) is 2.66. The van der Waals surface area contributed by atoms with E-state index in [0.717, 1.165) is 30.6 Å². The lowest BCUT2D eigenvalue weighted by molar-refractivity contribution is 0.0945. The lowest BCUT2D eigenvalue weighted by atomic mass is 10.0. The largest absolute Gasteiger partial charge is 0.347 e. The first-order chi connectivity index (χ1) is 12.6. The average molecular weight is 352 g/mol. The number of aryl methyl sites for hydroxylation is 2. The lowest BCUT2D eigenvalue weighted by Crippen LogP contribution is -2.40. The van der Waals surface area contributed by atoms with Gasteiger partial charge in [-0.05, 0) is 51.2 Å². The summed E-state index contributed by atoms with van der Waals surface area (Å²) in [6.07, 6.45) is 4.66. The summed E-state index contributed by atoms with van der Waals surface area (Å²) in [6.45, 7) is 7.64. The van der Waals surface area contributed by atoms with Crippen LogP contribution in [0.5, 0.6) is 0 Å². The first-order valence-corrected chi connectivity index (χ1v) is 9.53. The number of anilines is 1. The van der Waals surface area contributed by atoms with E-state index < -0.39 is 0 Å². The number of nitrogens with zero attached hydrogens (tertiary/aromatic N) is 3. The molecule has 1 unspecified atom stereocenters. The number of carbonyl (C=O) groups is 1. The first kappa shape index (κ1) is 18.4. The number of hydrogen-bond acceptors (Lipinski definition) is 4. The van der Waals surface area contributed by atoms with Crippen LogP contribution in [0, 0.1) is 13.8 Å².